The molecule has 0 heterocycles. The Morgan fingerprint density at radius 3 is 2.25 bits per heavy atom. The minimum Gasteiger partial charge on any atom is -0.492 e. The summed E-state index contributed by atoms with van der Waals surface area (Å²) >= 11 is 0. The topological polar surface area (TPSA) is 67.4 Å². The molecule has 114 valence electrons. The van der Waals surface area contributed by atoms with Gasteiger partial charge in [0.1, 0.15) is 12.4 Å². The second kappa shape index (κ2) is 7.61. The van der Waals surface area contributed by atoms with Crippen molar-refractivity contribution in [1.82, 2.24) is 10.0 Å². The Labute approximate surface area is 121 Å². The van der Waals surface area contributed by atoms with Crippen LogP contribution >= 0.6 is 0 Å². The van der Waals surface area contributed by atoms with E-state index in [0.717, 1.165) is 6.54 Å². The number of sulfonamides is 1. The van der Waals surface area contributed by atoms with Crippen molar-refractivity contribution in [1.29, 1.82) is 0 Å². The van der Waals surface area contributed by atoms with Gasteiger partial charge in [-0.2, -0.15) is 0 Å². The van der Waals surface area contributed by atoms with Gasteiger partial charge in [0.15, 0.2) is 0 Å². The lowest BCUT2D eigenvalue weighted by Gasteiger charge is -2.17. The van der Waals surface area contributed by atoms with Crippen molar-refractivity contribution in [3.63, 3.8) is 0 Å². The Balaban J connectivity index is 2.71. The second-order valence-electron chi connectivity index (χ2n) is 5.08. The highest BCUT2D eigenvalue weighted by Crippen LogP contribution is 2.16. The Hall–Kier alpha value is -1.11. The lowest BCUT2D eigenvalue weighted by atomic mass is 10.1. The molecule has 0 bridgehead atoms. The highest BCUT2D eigenvalue weighted by molar-refractivity contribution is 7.89. The van der Waals surface area contributed by atoms with Crippen molar-refractivity contribution in [2.75, 3.05) is 20.2 Å². The van der Waals surface area contributed by atoms with E-state index in [4.69, 9.17) is 4.74 Å². The summed E-state index contributed by atoms with van der Waals surface area (Å²) in [7, 11) is -1.62. The van der Waals surface area contributed by atoms with Gasteiger partial charge >= 0.3 is 0 Å². The molecule has 0 saturated carbocycles. The maximum absolute atomic E-state index is 12.2. The Morgan fingerprint density at radius 1 is 1.15 bits per heavy atom. The molecule has 0 aliphatic heterocycles. The zero-order valence-corrected chi connectivity index (χ0v) is 13.3. The van der Waals surface area contributed by atoms with Crippen LogP contribution in [-0.4, -0.2) is 34.7 Å². The van der Waals surface area contributed by atoms with Crippen LogP contribution in [-0.2, 0) is 10.0 Å². The highest BCUT2D eigenvalue weighted by atomic mass is 32.2. The van der Waals surface area contributed by atoms with Crippen LogP contribution in [0.4, 0.5) is 0 Å². The first-order valence-corrected chi connectivity index (χ1v) is 8.25. The predicted molar refractivity (Wildman–Crippen MR) is 80.5 cm³/mol. The van der Waals surface area contributed by atoms with Gasteiger partial charge in [-0.05, 0) is 44.2 Å². The SMILES string of the molecule is CNCCOc1ccc(S(=O)(=O)NC(C)C(C)C)cc1. The zero-order valence-electron chi connectivity index (χ0n) is 12.5. The quantitative estimate of drug-likeness (QED) is 0.716. The average Bonchev–Trinajstić information content (AvgIpc) is 2.39. The van der Waals surface area contributed by atoms with E-state index in [2.05, 4.69) is 10.0 Å². The maximum atomic E-state index is 12.2. The standard InChI is InChI=1S/C14H24N2O3S/c1-11(2)12(3)16-20(17,18)14-7-5-13(6-8-14)19-10-9-15-4/h5-8,11-12,15-16H,9-10H2,1-4H3. The summed E-state index contributed by atoms with van der Waals surface area (Å²) in [4.78, 5) is 0.256. The molecule has 2 N–H and O–H groups in total. The number of benzene rings is 1. The molecule has 1 unspecified atom stereocenters. The summed E-state index contributed by atoms with van der Waals surface area (Å²) in [5, 5.41) is 2.97. The van der Waals surface area contributed by atoms with E-state index < -0.39 is 10.0 Å². The fourth-order valence-corrected chi connectivity index (χ4v) is 2.83. The van der Waals surface area contributed by atoms with Gasteiger partial charge in [0, 0.05) is 12.6 Å². The summed E-state index contributed by atoms with van der Waals surface area (Å²) in [5.41, 5.74) is 0. The molecule has 0 fully saturated rings. The van der Waals surface area contributed by atoms with E-state index in [9.17, 15) is 8.42 Å². The normalized spacial score (nSPS) is 13.4. The van der Waals surface area contributed by atoms with Crippen molar-refractivity contribution >= 4 is 10.0 Å². The van der Waals surface area contributed by atoms with Crippen LogP contribution in [0.25, 0.3) is 0 Å². The van der Waals surface area contributed by atoms with E-state index >= 15 is 0 Å². The van der Waals surface area contributed by atoms with E-state index in [1.165, 1.54) is 0 Å². The molecule has 0 saturated heterocycles. The smallest absolute Gasteiger partial charge is 0.240 e. The van der Waals surface area contributed by atoms with Crippen molar-refractivity contribution in [3.8, 4) is 5.75 Å². The van der Waals surface area contributed by atoms with Gasteiger partial charge < -0.3 is 10.1 Å². The summed E-state index contributed by atoms with van der Waals surface area (Å²) in [6, 6.07) is 6.36. The largest absolute Gasteiger partial charge is 0.492 e. The van der Waals surface area contributed by atoms with Crippen LogP contribution in [0.5, 0.6) is 5.75 Å². The molecule has 0 aromatic heterocycles. The van der Waals surface area contributed by atoms with Crippen LogP contribution in [0.1, 0.15) is 20.8 Å². The van der Waals surface area contributed by atoms with Gasteiger partial charge in [-0.15, -0.1) is 0 Å². The van der Waals surface area contributed by atoms with E-state index in [-0.39, 0.29) is 16.9 Å². The molecule has 1 atom stereocenters. The van der Waals surface area contributed by atoms with Gasteiger partial charge in [0.2, 0.25) is 10.0 Å². The molecule has 1 aromatic rings. The molecule has 0 aliphatic carbocycles. The fourth-order valence-electron chi connectivity index (χ4n) is 1.43. The van der Waals surface area contributed by atoms with E-state index in [0.29, 0.717) is 12.4 Å². The number of ether oxygens (including phenoxy) is 1. The minimum absolute atomic E-state index is 0.105. The van der Waals surface area contributed by atoms with Crippen molar-refractivity contribution in [2.24, 2.45) is 5.92 Å². The van der Waals surface area contributed by atoms with Crippen LogP contribution in [0, 0.1) is 5.92 Å². The van der Waals surface area contributed by atoms with Crippen LogP contribution in [0.2, 0.25) is 0 Å². The first-order chi connectivity index (χ1) is 9.36. The number of nitrogens with one attached hydrogen (secondary N) is 2. The van der Waals surface area contributed by atoms with Crippen LogP contribution in [0.3, 0.4) is 0 Å². The van der Waals surface area contributed by atoms with Crippen molar-refractivity contribution in [3.05, 3.63) is 24.3 Å². The summed E-state index contributed by atoms with van der Waals surface area (Å²) in [6.07, 6.45) is 0. The third-order valence-electron chi connectivity index (χ3n) is 3.10. The Kier molecular flexibility index (Phi) is 6.45. The van der Waals surface area contributed by atoms with Crippen LogP contribution in [0.15, 0.2) is 29.2 Å². The molecular weight excluding hydrogens is 276 g/mol. The first kappa shape index (κ1) is 16.9. The second-order valence-corrected chi connectivity index (χ2v) is 6.79. The lowest BCUT2D eigenvalue weighted by Crippen LogP contribution is -2.36. The molecule has 0 radical (unpaired) electrons. The molecule has 0 spiro atoms. The molecule has 6 heteroatoms. The van der Waals surface area contributed by atoms with Gasteiger partial charge in [-0.3, -0.25) is 0 Å². The third-order valence-corrected chi connectivity index (χ3v) is 4.67. The molecule has 0 amide bonds. The van der Waals surface area contributed by atoms with Crippen molar-refractivity contribution in [2.45, 2.75) is 31.7 Å². The molecular formula is C14H24N2O3S. The first-order valence-electron chi connectivity index (χ1n) is 6.76. The van der Waals surface area contributed by atoms with Gasteiger partial charge in [0.25, 0.3) is 0 Å². The molecule has 0 aliphatic rings. The molecule has 1 rings (SSSR count). The average molecular weight is 300 g/mol. The van der Waals surface area contributed by atoms with Crippen LogP contribution < -0.4 is 14.8 Å². The van der Waals surface area contributed by atoms with Crippen molar-refractivity contribution < 1.29 is 13.2 Å². The third kappa shape index (κ3) is 5.11. The fraction of sp³-hybridized carbons (Fsp3) is 0.571. The lowest BCUT2D eigenvalue weighted by molar-refractivity contribution is 0.318. The number of likely N-dealkylation sites (N-methyl/N-ethyl adjacent to an activating group) is 1. The molecule has 20 heavy (non-hydrogen) atoms. The monoisotopic (exact) mass is 300 g/mol. The Bertz CT molecular complexity index is 498. The summed E-state index contributed by atoms with van der Waals surface area (Å²) < 4.78 is 32.4. The van der Waals surface area contributed by atoms with E-state index in [1.54, 1.807) is 24.3 Å². The Morgan fingerprint density at radius 2 is 1.75 bits per heavy atom. The predicted octanol–water partition coefficient (Wildman–Crippen LogP) is 1.61. The van der Waals surface area contributed by atoms with E-state index in [1.807, 2.05) is 27.8 Å². The van der Waals surface area contributed by atoms with Gasteiger partial charge in [-0.1, -0.05) is 13.8 Å². The summed E-state index contributed by atoms with van der Waals surface area (Å²) in [5.74, 6) is 0.907. The number of hydrogen-bond donors (Lipinski definition) is 2. The highest BCUT2D eigenvalue weighted by Gasteiger charge is 2.19. The number of hydrogen-bond acceptors (Lipinski definition) is 4. The minimum atomic E-state index is -3.46. The zero-order chi connectivity index (χ0) is 15.2. The summed E-state index contributed by atoms with van der Waals surface area (Å²) in [6.45, 7) is 7.11. The molecule has 1 aromatic carbocycles. The number of rotatable bonds is 8. The molecule has 5 nitrogen and oxygen atoms in total. The maximum Gasteiger partial charge on any atom is 0.240 e. The van der Waals surface area contributed by atoms with Gasteiger partial charge in [0.05, 0.1) is 4.90 Å². The van der Waals surface area contributed by atoms with Gasteiger partial charge in [-0.25, -0.2) is 13.1 Å².